The summed E-state index contributed by atoms with van der Waals surface area (Å²) in [6.07, 6.45) is 3.47. The molecule has 4 aromatic rings. The van der Waals surface area contributed by atoms with Gasteiger partial charge in [0.05, 0.1) is 17.2 Å². The summed E-state index contributed by atoms with van der Waals surface area (Å²) in [6.45, 7) is 3.50. The fourth-order valence-electron chi connectivity index (χ4n) is 3.93. The van der Waals surface area contributed by atoms with Crippen LogP contribution < -0.4 is 10.9 Å². The van der Waals surface area contributed by atoms with Gasteiger partial charge in [0.2, 0.25) is 0 Å². The van der Waals surface area contributed by atoms with Crippen molar-refractivity contribution in [2.75, 3.05) is 13.1 Å². The number of halogens is 1. The lowest BCUT2D eigenvalue weighted by Crippen LogP contribution is -2.34. The standard InChI is InChI=1S/C21H19FN4O2/c1-12-25-20-17(22)8-14(10-19(20)28-12)13-2-3-16-18(9-13)24-11-26(21(16)27)15-4-6-23-7-5-15/h2-3,8-11,15,23H,4-7H2,1H3. The van der Waals surface area contributed by atoms with Gasteiger partial charge in [0.1, 0.15) is 5.52 Å². The predicted octanol–water partition coefficient (Wildman–Crippen LogP) is 3.58. The third-order valence-corrected chi connectivity index (χ3v) is 5.37. The Hall–Kier alpha value is -3.06. The smallest absolute Gasteiger partial charge is 0.261 e. The van der Waals surface area contributed by atoms with Crippen LogP contribution in [0.15, 0.2) is 45.9 Å². The van der Waals surface area contributed by atoms with Crippen molar-refractivity contribution in [2.45, 2.75) is 25.8 Å². The molecule has 1 N–H and O–H groups in total. The predicted molar refractivity (Wildman–Crippen MR) is 105 cm³/mol. The van der Waals surface area contributed by atoms with E-state index in [1.807, 2.05) is 12.1 Å². The van der Waals surface area contributed by atoms with Crippen LogP contribution in [0.2, 0.25) is 0 Å². The molecule has 5 rings (SSSR count). The van der Waals surface area contributed by atoms with Crippen LogP contribution >= 0.6 is 0 Å². The van der Waals surface area contributed by atoms with Crippen molar-refractivity contribution in [2.24, 2.45) is 0 Å². The van der Waals surface area contributed by atoms with Gasteiger partial charge in [-0.15, -0.1) is 0 Å². The molecule has 1 aliphatic rings. The quantitative estimate of drug-likeness (QED) is 0.577. The molecule has 2 aromatic heterocycles. The highest BCUT2D eigenvalue weighted by Crippen LogP contribution is 2.29. The number of benzene rings is 2. The van der Waals surface area contributed by atoms with Crippen LogP contribution in [-0.4, -0.2) is 27.6 Å². The highest BCUT2D eigenvalue weighted by molar-refractivity contribution is 5.86. The van der Waals surface area contributed by atoms with Crippen molar-refractivity contribution in [3.8, 4) is 11.1 Å². The van der Waals surface area contributed by atoms with Gasteiger partial charge in [-0.25, -0.2) is 14.4 Å². The van der Waals surface area contributed by atoms with E-state index in [-0.39, 0.29) is 17.1 Å². The van der Waals surface area contributed by atoms with E-state index in [2.05, 4.69) is 15.3 Å². The van der Waals surface area contributed by atoms with Crippen molar-refractivity contribution in [3.63, 3.8) is 0 Å². The number of fused-ring (bicyclic) bond motifs is 2. The lowest BCUT2D eigenvalue weighted by molar-refractivity contribution is 0.359. The minimum absolute atomic E-state index is 0.0315. The zero-order valence-electron chi connectivity index (χ0n) is 15.4. The third kappa shape index (κ3) is 2.79. The van der Waals surface area contributed by atoms with Crippen molar-refractivity contribution in [1.82, 2.24) is 19.9 Å². The molecule has 28 heavy (non-hydrogen) atoms. The zero-order valence-corrected chi connectivity index (χ0v) is 15.4. The van der Waals surface area contributed by atoms with Gasteiger partial charge in [-0.05, 0) is 61.3 Å². The number of aromatic nitrogens is 3. The van der Waals surface area contributed by atoms with Crippen molar-refractivity contribution in [1.29, 1.82) is 0 Å². The molecule has 0 bridgehead atoms. The van der Waals surface area contributed by atoms with Gasteiger partial charge in [-0.1, -0.05) is 6.07 Å². The first kappa shape index (κ1) is 17.1. The largest absolute Gasteiger partial charge is 0.441 e. The zero-order chi connectivity index (χ0) is 19.3. The van der Waals surface area contributed by atoms with Gasteiger partial charge in [0.25, 0.3) is 5.56 Å². The molecule has 3 heterocycles. The summed E-state index contributed by atoms with van der Waals surface area (Å²) in [7, 11) is 0. The number of aryl methyl sites for hydroxylation is 1. The number of nitrogens with one attached hydrogen (secondary N) is 1. The molecule has 0 aliphatic carbocycles. The maximum atomic E-state index is 14.4. The monoisotopic (exact) mass is 378 g/mol. The summed E-state index contributed by atoms with van der Waals surface area (Å²) in [5.41, 5.74) is 2.63. The van der Waals surface area contributed by atoms with Gasteiger partial charge in [0, 0.05) is 13.0 Å². The summed E-state index contributed by atoms with van der Waals surface area (Å²) in [5.74, 6) is -0.0107. The normalized spacial score (nSPS) is 15.5. The van der Waals surface area contributed by atoms with E-state index in [1.165, 1.54) is 6.07 Å². The molecule has 0 spiro atoms. The SMILES string of the molecule is Cc1nc2c(F)cc(-c3ccc4c(=O)n(C5CCNCC5)cnc4c3)cc2o1. The number of nitrogens with zero attached hydrogens (tertiary/aromatic N) is 3. The van der Waals surface area contributed by atoms with Gasteiger partial charge in [0.15, 0.2) is 17.3 Å². The van der Waals surface area contributed by atoms with Gasteiger partial charge in [-0.2, -0.15) is 0 Å². The summed E-state index contributed by atoms with van der Waals surface area (Å²) in [4.78, 5) is 21.5. The Balaban J connectivity index is 1.59. The fourth-order valence-corrected chi connectivity index (χ4v) is 3.93. The van der Waals surface area contributed by atoms with Crippen LogP contribution in [0.3, 0.4) is 0 Å². The van der Waals surface area contributed by atoms with Crippen LogP contribution in [0.25, 0.3) is 33.1 Å². The topological polar surface area (TPSA) is 73.0 Å². The highest BCUT2D eigenvalue weighted by atomic mass is 19.1. The van der Waals surface area contributed by atoms with E-state index >= 15 is 0 Å². The molecule has 0 saturated carbocycles. The minimum Gasteiger partial charge on any atom is -0.441 e. The first-order valence-corrected chi connectivity index (χ1v) is 9.39. The minimum atomic E-state index is -0.432. The van der Waals surface area contributed by atoms with E-state index in [1.54, 1.807) is 30.0 Å². The number of hydrogen-bond acceptors (Lipinski definition) is 5. The second-order valence-corrected chi connectivity index (χ2v) is 7.21. The molecule has 2 aromatic carbocycles. The first-order chi connectivity index (χ1) is 13.6. The van der Waals surface area contributed by atoms with Gasteiger partial charge in [-0.3, -0.25) is 9.36 Å². The van der Waals surface area contributed by atoms with Crippen LogP contribution in [-0.2, 0) is 0 Å². The number of oxazole rings is 1. The van der Waals surface area contributed by atoms with E-state index in [4.69, 9.17) is 4.42 Å². The highest BCUT2D eigenvalue weighted by Gasteiger charge is 2.18. The Morgan fingerprint density at radius 2 is 2.00 bits per heavy atom. The maximum absolute atomic E-state index is 14.4. The molecule has 1 saturated heterocycles. The second kappa shape index (κ2) is 6.53. The average molecular weight is 378 g/mol. The van der Waals surface area contributed by atoms with E-state index in [0.717, 1.165) is 31.5 Å². The number of hydrogen-bond donors (Lipinski definition) is 1. The summed E-state index contributed by atoms with van der Waals surface area (Å²) in [6, 6.07) is 8.77. The summed E-state index contributed by atoms with van der Waals surface area (Å²) < 4.78 is 21.6. The maximum Gasteiger partial charge on any atom is 0.261 e. The van der Waals surface area contributed by atoms with Crippen molar-refractivity contribution >= 4 is 22.0 Å². The molecule has 6 nitrogen and oxygen atoms in total. The van der Waals surface area contributed by atoms with Crippen LogP contribution in [0.4, 0.5) is 4.39 Å². The molecule has 0 unspecified atom stereocenters. The Morgan fingerprint density at radius 3 is 2.82 bits per heavy atom. The molecule has 142 valence electrons. The van der Waals surface area contributed by atoms with Crippen molar-refractivity contribution in [3.05, 3.63) is 58.7 Å². The lowest BCUT2D eigenvalue weighted by atomic mass is 10.0. The number of piperidine rings is 1. The molecular formula is C21H19FN4O2. The Labute approximate surface area is 160 Å². The van der Waals surface area contributed by atoms with E-state index in [9.17, 15) is 9.18 Å². The lowest BCUT2D eigenvalue weighted by Gasteiger charge is -2.24. The Bertz CT molecular complexity index is 1250. The summed E-state index contributed by atoms with van der Waals surface area (Å²) in [5, 5.41) is 3.88. The van der Waals surface area contributed by atoms with E-state index < -0.39 is 5.82 Å². The van der Waals surface area contributed by atoms with Crippen molar-refractivity contribution < 1.29 is 8.81 Å². The molecule has 1 fully saturated rings. The second-order valence-electron chi connectivity index (χ2n) is 7.21. The molecule has 0 amide bonds. The van der Waals surface area contributed by atoms with Crippen LogP contribution in [0.1, 0.15) is 24.8 Å². The average Bonchev–Trinajstić information content (AvgIpc) is 3.09. The first-order valence-electron chi connectivity index (χ1n) is 9.39. The number of rotatable bonds is 2. The Kier molecular flexibility index (Phi) is 3.98. The fraction of sp³-hybridized carbons (Fsp3) is 0.286. The molecule has 0 radical (unpaired) electrons. The van der Waals surface area contributed by atoms with Gasteiger partial charge < -0.3 is 9.73 Å². The molecule has 7 heteroatoms. The Morgan fingerprint density at radius 1 is 1.18 bits per heavy atom. The van der Waals surface area contributed by atoms with E-state index in [0.29, 0.717) is 27.9 Å². The van der Waals surface area contributed by atoms with Crippen LogP contribution in [0.5, 0.6) is 0 Å². The third-order valence-electron chi connectivity index (χ3n) is 5.37. The van der Waals surface area contributed by atoms with Crippen LogP contribution in [0, 0.1) is 12.7 Å². The van der Waals surface area contributed by atoms with Gasteiger partial charge >= 0.3 is 0 Å². The summed E-state index contributed by atoms with van der Waals surface area (Å²) >= 11 is 0. The molecule has 1 aliphatic heterocycles. The molecular weight excluding hydrogens is 359 g/mol. The molecule has 0 atom stereocenters.